The SMILES string of the molecule is COCCC(=O)C(C1CCc2ccccc2N1)N1CCN(c2ccccc2OCC(F)(F)F)CC1. The van der Waals surface area contributed by atoms with Gasteiger partial charge in [-0.1, -0.05) is 30.3 Å². The minimum atomic E-state index is -4.40. The van der Waals surface area contributed by atoms with Crippen LogP contribution in [0.25, 0.3) is 0 Å². The van der Waals surface area contributed by atoms with Crippen LogP contribution >= 0.6 is 0 Å². The number of carbonyl (C=O) groups excluding carboxylic acids is 1. The fourth-order valence-electron chi connectivity index (χ4n) is 4.97. The van der Waals surface area contributed by atoms with Crippen molar-refractivity contribution in [3.8, 4) is 5.75 Å². The highest BCUT2D eigenvalue weighted by atomic mass is 19.4. The van der Waals surface area contributed by atoms with Gasteiger partial charge in [-0.15, -0.1) is 0 Å². The normalized spacial score (nSPS) is 19.5. The number of benzene rings is 2. The summed E-state index contributed by atoms with van der Waals surface area (Å²) in [7, 11) is 1.59. The number of rotatable bonds is 9. The van der Waals surface area contributed by atoms with E-state index in [1.807, 2.05) is 23.1 Å². The smallest absolute Gasteiger partial charge is 0.422 e. The zero-order valence-corrected chi connectivity index (χ0v) is 19.9. The number of piperazine rings is 1. The summed E-state index contributed by atoms with van der Waals surface area (Å²) in [5, 5.41) is 3.59. The second-order valence-electron chi connectivity index (χ2n) is 9.00. The summed E-state index contributed by atoms with van der Waals surface area (Å²) in [6.45, 7) is 1.47. The standard InChI is InChI=1S/C26H32F3N3O3/c1-34-17-12-23(33)25(21-11-10-19-6-2-3-7-20(19)30-21)32-15-13-31(14-16-32)22-8-4-5-9-24(22)35-18-26(27,28)29/h2-9,21,25,30H,10-18H2,1H3. The Labute approximate surface area is 204 Å². The second-order valence-corrected chi connectivity index (χ2v) is 9.00. The molecule has 2 aromatic carbocycles. The molecular weight excluding hydrogens is 459 g/mol. The predicted octanol–water partition coefficient (Wildman–Crippen LogP) is 4.15. The number of ether oxygens (including phenoxy) is 2. The molecule has 1 N–H and O–H groups in total. The molecule has 0 saturated carbocycles. The number of methoxy groups -OCH3 is 1. The number of halogens is 3. The third-order valence-electron chi connectivity index (χ3n) is 6.65. The molecule has 35 heavy (non-hydrogen) atoms. The van der Waals surface area contributed by atoms with Crippen LogP contribution < -0.4 is 15.0 Å². The van der Waals surface area contributed by atoms with Crippen molar-refractivity contribution in [1.82, 2.24) is 4.90 Å². The molecule has 190 valence electrons. The lowest BCUT2D eigenvalue weighted by Crippen LogP contribution is -2.59. The molecule has 0 bridgehead atoms. The number of nitrogens with one attached hydrogen (secondary N) is 1. The van der Waals surface area contributed by atoms with Gasteiger partial charge in [0, 0.05) is 51.4 Å². The second kappa shape index (κ2) is 11.3. The fraction of sp³-hybridized carbons (Fsp3) is 0.500. The highest BCUT2D eigenvalue weighted by Crippen LogP contribution is 2.32. The first-order valence-electron chi connectivity index (χ1n) is 12.0. The molecule has 9 heteroatoms. The molecule has 4 rings (SSSR count). The van der Waals surface area contributed by atoms with Crippen molar-refractivity contribution in [2.75, 3.05) is 56.7 Å². The Morgan fingerprint density at radius 3 is 2.54 bits per heavy atom. The average Bonchev–Trinajstić information content (AvgIpc) is 2.86. The van der Waals surface area contributed by atoms with E-state index in [1.165, 1.54) is 5.56 Å². The van der Waals surface area contributed by atoms with Gasteiger partial charge in [-0.05, 0) is 36.6 Å². The Morgan fingerprint density at radius 2 is 1.80 bits per heavy atom. The van der Waals surface area contributed by atoms with Crippen LogP contribution in [0, 0.1) is 0 Å². The van der Waals surface area contributed by atoms with E-state index in [0.717, 1.165) is 18.5 Å². The molecule has 2 atom stereocenters. The van der Waals surface area contributed by atoms with E-state index in [4.69, 9.17) is 9.47 Å². The van der Waals surface area contributed by atoms with Crippen LogP contribution in [0.5, 0.6) is 5.75 Å². The topological polar surface area (TPSA) is 54.0 Å². The molecule has 0 spiro atoms. The van der Waals surface area contributed by atoms with E-state index in [9.17, 15) is 18.0 Å². The maximum absolute atomic E-state index is 13.3. The number of alkyl halides is 3. The third-order valence-corrected chi connectivity index (χ3v) is 6.65. The van der Waals surface area contributed by atoms with Crippen LogP contribution in [0.15, 0.2) is 48.5 Å². The van der Waals surface area contributed by atoms with Crippen molar-refractivity contribution < 1.29 is 27.4 Å². The molecule has 2 aliphatic heterocycles. The highest BCUT2D eigenvalue weighted by Gasteiger charge is 2.37. The molecule has 6 nitrogen and oxygen atoms in total. The van der Waals surface area contributed by atoms with Crippen molar-refractivity contribution >= 4 is 17.2 Å². The molecule has 0 amide bonds. The van der Waals surface area contributed by atoms with Crippen molar-refractivity contribution in [2.24, 2.45) is 0 Å². The first kappa shape index (κ1) is 25.3. The van der Waals surface area contributed by atoms with E-state index in [1.54, 1.807) is 31.4 Å². The van der Waals surface area contributed by atoms with Gasteiger partial charge in [0.15, 0.2) is 12.4 Å². The van der Waals surface area contributed by atoms with Crippen molar-refractivity contribution in [3.63, 3.8) is 0 Å². The first-order chi connectivity index (χ1) is 16.9. The molecule has 0 aliphatic carbocycles. The molecular formula is C26H32F3N3O3. The maximum atomic E-state index is 13.3. The van der Waals surface area contributed by atoms with E-state index in [0.29, 0.717) is 44.9 Å². The van der Waals surface area contributed by atoms with Gasteiger partial charge in [0.05, 0.1) is 18.3 Å². The summed E-state index contributed by atoms with van der Waals surface area (Å²) >= 11 is 0. The lowest BCUT2D eigenvalue weighted by atomic mass is 9.89. The molecule has 2 heterocycles. The molecule has 0 aromatic heterocycles. The van der Waals surface area contributed by atoms with Crippen LogP contribution in [-0.2, 0) is 16.0 Å². The lowest BCUT2D eigenvalue weighted by Gasteiger charge is -2.44. The predicted molar refractivity (Wildman–Crippen MR) is 129 cm³/mol. The number of hydrogen-bond donors (Lipinski definition) is 1. The van der Waals surface area contributed by atoms with Crippen LogP contribution in [0.1, 0.15) is 18.4 Å². The lowest BCUT2D eigenvalue weighted by molar-refractivity contribution is -0.153. The van der Waals surface area contributed by atoms with E-state index in [-0.39, 0.29) is 23.6 Å². The Kier molecular flexibility index (Phi) is 8.18. The van der Waals surface area contributed by atoms with E-state index >= 15 is 0 Å². The quantitative estimate of drug-likeness (QED) is 0.569. The number of Topliss-reactive ketones (excluding diaryl/α,β-unsaturated/α-hetero) is 1. The monoisotopic (exact) mass is 491 g/mol. The van der Waals surface area contributed by atoms with E-state index < -0.39 is 12.8 Å². The summed E-state index contributed by atoms with van der Waals surface area (Å²) in [5.41, 5.74) is 2.97. The van der Waals surface area contributed by atoms with Crippen molar-refractivity contribution in [1.29, 1.82) is 0 Å². The zero-order valence-electron chi connectivity index (χ0n) is 19.9. The van der Waals surface area contributed by atoms with E-state index in [2.05, 4.69) is 16.3 Å². The van der Waals surface area contributed by atoms with Gasteiger partial charge < -0.3 is 19.7 Å². The minimum absolute atomic E-state index is 0.0109. The maximum Gasteiger partial charge on any atom is 0.422 e. The van der Waals surface area contributed by atoms with Gasteiger partial charge in [-0.25, -0.2) is 0 Å². The first-order valence-corrected chi connectivity index (χ1v) is 12.0. The Balaban J connectivity index is 1.46. The van der Waals surface area contributed by atoms with Crippen molar-refractivity contribution in [2.45, 2.75) is 37.5 Å². The molecule has 2 aromatic rings. The van der Waals surface area contributed by atoms with Gasteiger partial charge >= 0.3 is 6.18 Å². The number of hydrogen-bond acceptors (Lipinski definition) is 6. The summed E-state index contributed by atoms with van der Waals surface area (Å²) in [5.74, 6) is 0.364. The number of para-hydroxylation sites is 3. The Hall–Kier alpha value is -2.78. The van der Waals surface area contributed by atoms with Gasteiger partial charge in [-0.2, -0.15) is 13.2 Å². The molecule has 1 saturated heterocycles. The number of anilines is 2. The zero-order chi connectivity index (χ0) is 24.8. The van der Waals surface area contributed by atoms with Crippen LogP contribution in [-0.4, -0.2) is 75.4 Å². The highest BCUT2D eigenvalue weighted by molar-refractivity contribution is 5.85. The van der Waals surface area contributed by atoms with Crippen LogP contribution in [0.4, 0.5) is 24.5 Å². The summed E-state index contributed by atoms with van der Waals surface area (Å²) in [6, 6.07) is 14.7. The fourth-order valence-corrected chi connectivity index (χ4v) is 4.97. The van der Waals surface area contributed by atoms with Crippen LogP contribution in [0.3, 0.4) is 0 Å². The molecule has 0 radical (unpaired) electrons. The van der Waals surface area contributed by atoms with Gasteiger partial charge in [0.2, 0.25) is 0 Å². The number of nitrogens with zero attached hydrogens (tertiary/aromatic N) is 2. The number of fused-ring (bicyclic) bond motifs is 1. The number of carbonyl (C=O) groups is 1. The minimum Gasteiger partial charge on any atom is -0.482 e. The molecule has 1 fully saturated rings. The summed E-state index contributed by atoms with van der Waals surface area (Å²) in [6.07, 6.45) is -2.29. The number of ketones is 1. The molecule has 2 aliphatic rings. The molecule has 2 unspecified atom stereocenters. The Morgan fingerprint density at radius 1 is 1.09 bits per heavy atom. The average molecular weight is 492 g/mol. The largest absolute Gasteiger partial charge is 0.482 e. The third kappa shape index (κ3) is 6.46. The van der Waals surface area contributed by atoms with Crippen molar-refractivity contribution in [3.05, 3.63) is 54.1 Å². The van der Waals surface area contributed by atoms with Gasteiger partial charge in [0.1, 0.15) is 5.75 Å². The summed E-state index contributed by atoms with van der Waals surface area (Å²) in [4.78, 5) is 17.5. The summed E-state index contributed by atoms with van der Waals surface area (Å²) < 4.78 is 48.3. The Bertz CT molecular complexity index is 993. The number of aryl methyl sites for hydroxylation is 1. The van der Waals surface area contributed by atoms with Gasteiger partial charge in [-0.3, -0.25) is 9.69 Å². The van der Waals surface area contributed by atoms with Gasteiger partial charge in [0.25, 0.3) is 0 Å². The van der Waals surface area contributed by atoms with Crippen LogP contribution in [0.2, 0.25) is 0 Å².